The quantitative estimate of drug-likeness (QED) is 0.924. The third-order valence-electron chi connectivity index (χ3n) is 2.88. The van der Waals surface area contributed by atoms with E-state index in [1.807, 2.05) is 0 Å². The minimum absolute atomic E-state index is 0.122. The summed E-state index contributed by atoms with van der Waals surface area (Å²) in [4.78, 5) is 11.8. The Labute approximate surface area is 117 Å². The van der Waals surface area contributed by atoms with Crippen molar-refractivity contribution in [2.75, 3.05) is 24.2 Å². The van der Waals surface area contributed by atoms with Crippen molar-refractivity contribution >= 4 is 33.2 Å². The zero-order valence-electron chi connectivity index (χ0n) is 10.3. The number of hydrogen-bond acceptors (Lipinski definition) is 3. The molecule has 0 unspecified atom stereocenters. The number of nitrogens with zero attached hydrogens (tertiary/aromatic N) is 1. The highest BCUT2D eigenvalue weighted by atomic mass is 35.5. The minimum Gasteiger partial charge on any atom is -0.325 e. The number of anilines is 1. The largest absolute Gasteiger partial charge is 0.325 e. The predicted octanol–water partition coefficient (Wildman–Crippen LogP) is 1.70. The standard InChI is InChI=1S/C12H15ClN2O3S/c13-10-4-3-5-11(8-10)14-12(16)9-15-6-1-2-7-19(15,17)18/h3-5,8H,1-2,6-7,9H2,(H,14,16). The molecule has 1 fully saturated rings. The van der Waals surface area contributed by atoms with Crippen LogP contribution >= 0.6 is 11.6 Å². The highest BCUT2D eigenvalue weighted by molar-refractivity contribution is 7.89. The molecule has 1 aliphatic heterocycles. The van der Waals surface area contributed by atoms with Crippen molar-refractivity contribution in [3.05, 3.63) is 29.3 Å². The van der Waals surface area contributed by atoms with Crippen molar-refractivity contribution < 1.29 is 13.2 Å². The average Bonchev–Trinajstić information content (AvgIpc) is 2.32. The van der Waals surface area contributed by atoms with Crippen molar-refractivity contribution in [3.8, 4) is 0 Å². The molecule has 1 N–H and O–H groups in total. The second kappa shape index (κ2) is 5.90. The normalized spacial score (nSPS) is 19.0. The van der Waals surface area contributed by atoms with Crippen LogP contribution in [0.5, 0.6) is 0 Å². The first-order valence-corrected chi connectivity index (χ1v) is 7.99. The van der Waals surface area contributed by atoms with Crippen molar-refractivity contribution in [1.29, 1.82) is 0 Å². The van der Waals surface area contributed by atoms with Crippen LogP contribution in [0.1, 0.15) is 12.8 Å². The summed E-state index contributed by atoms with van der Waals surface area (Å²) in [7, 11) is -3.27. The summed E-state index contributed by atoms with van der Waals surface area (Å²) >= 11 is 5.81. The van der Waals surface area contributed by atoms with E-state index in [-0.39, 0.29) is 18.2 Å². The molecule has 1 amide bonds. The molecule has 7 heteroatoms. The fourth-order valence-corrected chi connectivity index (χ4v) is 3.68. The fraction of sp³-hybridized carbons (Fsp3) is 0.417. The van der Waals surface area contributed by atoms with Gasteiger partial charge < -0.3 is 5.32 Å². The van der Waals surface area contributed by atoms with Crippen LogP contribution in [0.15, 0.2) is 24.3 Å². The molecule has 1 heterocycles. The lowest BCUT2D eigenvalue weighted by molar-refractivity contribution is -0.116. The summed E-state index contributed by atoms with van der Waals surface area (Å²) in [5.74, 6) is -0.231. The van der Waals surface area contributed by atoms with E-state index >= 15 is 0 Å². The van der Waals surface area contributed by atoms with Crippen molar-refractivity contribution in [2.24, 2.45) is 0 Å². The summed E-state index contributed by atoms with van der Waals surface area (Å²) in [5.41, 5.74) is 0.562. The molecule has 1 saturated heterocycles. The molecule has 5 nitrogen and oxygen atoms in total. The van der Waals surface area contributed by atoms with E-state index in [0.29, 0.717) is 23.7 Å². The Morgan fingerprint density at radius 3 is 2.84 bits per heavy atom. The van der Waals surface area contributed by atoms with E-state index in [4.69, 9.17) is 11.6 Å². The van der Waals surface area contributed by atoms with Crippen molar-refractivity contribution in [3.63, 3.8) is 0 Å². The van der Waals surface area contributed by atoms with E-state index in [2.05, 4.69) is 5.32 Å². The second-order valence-electron chi connectivity index (χ2n) is 4.42. The first-order valence-electron chi connectivity index (χ1n) is 6.01. The molecular formula is C12H15ClN2O3S. The van der Waals surface area contributed by atoms with Crippen molar-refractivity contribution in [2.45, 2.75) is 12.8 Å². The van der Waals surface area contributed by atoms with E-state index in [1.54, 1.807) is 24.3 Å². The maximum absolute atomic E-state index is 11.8. The third kappa shape index (κ3) is 3.92. The first kappa shape index (κ1) is 14.3. The second-order valence-corrected chi connectivity index (χ2v) is 6.94. The number of benzene rings is 1. The third-order valence-corrected chi connectivity index (χ3v) is 5.02. The number of rotatable bonds is 3. The van der Waals surface area contributed by atoms with Gasteiger partial charge >= 0.3 is 0 Å². The molecule has 0 atom stereocenters. The average molecular weight is 303 g/mol. The Morgan fingerprint density at radius 1 is 1.37 bits per heavy atom. The number of hydrogen-bond donors (Lipinski definition) is 1. The first-order chi connectivity index (χ1) is 8.97. The summed E-state index contributed by atoms with van der Waals surface area (Å²) in [6.45, 7) is 0.264. The highest BCUT2D eigenvalue weighted by Crippen LogP contribution is 2.16. The lowest BCUT2D eigenvalue weighted by Crippen LogP contribution is -2.42. The van der Waals surface area contributed by atoms with Gasteiger partial charge in [-0.25, -0.2) is 8.42 Å². The van der Waals surface area contributed by atoms with Crippen LogP contribution in [0.25, 0.3) is 0 Å². The Bertz CT molecular complexity index is 574. The van der Waals surface area contributed by atoms with Crippen LogP contribution in [0.3, 0.4) is 0 Å². The summed E-state index contributed by atoms with van der Waals surface area (Å²) in [6.07, 6.45) is 1.46. The summed E-state index contributed by atoms with van der Waals surface area (Å²) < 4.78 is 24.7. The molecule has 1 aromatic carbocycles. The van der Waals surface area contributed by atoms with Gasteiger partial charge in [-0.15, -0.1) is 0 Å². The van der Waals surface area contributed by atoms with Gasteiger partial charge in [0.1, 0.15) is 0 Å². The lowest BCUT2D eigenvalue weighted by Gasteiger charge is -2.25. The van der Waals surface area contributed by atoms with Gasteiger partial charge in [-0.3, -0.25) is 4.79 Å². The van der Waals surface area contributed by atoms with Gasteiger partial charge in [0.05, 0.1) is 12.3 Å². The molecule has 19 heavy (non-hydrogen) atoms. The number of carbonyl (C=O) groups excluding carboxylic acids is 1. The summed E-state index contributed by atoms with van der Waals surface area (Å²) in [5, 5.41) is 3.16. The molecule has 2 rings (SSSR count). The molecule has 104 valence electrons. The van der Waals surface area contributed by atoms with Crippen LogP contribution in [0.2, 0.25) is 5.02 Å². The van der Waals surface area contributed by atoms with Gasteiger partial charge in [-0.1, -0.05) is 17.7 Å². The SMILES string of the molecule is O=C(CN1CCCCS1(=O)=O)Nc1cccc(Cl)c1. The minimum atomic E-state index is -3.27. The number of sulfonamides is 1. The molecule has 1 aromatic rings. The maximum Gasteiger partial charge on any atom is 0.239 e. The smallest absolute Gasteiger partial charge is 0.239 e. The van der Waals surface area contributed by atoms with Gasteiger partial charge in [0.25, 0.3) is 0 Å². The van der Waals surface area contributed by atoms with E-state index < -0.39 is 10.0 Å². The molecule has 0 aromatic heterocycles. The van der Waals surface area contributed by atoms with E-state index in [0.717, 1.165) is 6.42 Å². The highest BCUT2D eigenvalue weighted by Gasteiger charge is 2.27. The molecule has 0 bridgehead atoms. The van der Waals surface area contributed by atoms with E-state index in [9.17, 15) is 13.2 Å². The van der Waals surface area contributed by atoms with Crippen LogP contribution < -0.4 is 5.32 Å². The fourth-order valence-electron chi connectivity index (χ4n) is 1.95. The molecule has 1 aliphatic rings. The Kier molecular flexibility index (Phi) is 4.44. The Hall–Kier alpha value is -1.11. The zero-order valence-corrected chi connectivity index (χ0v) is 11.9. The lowest BCUT2D eigenvalue weighted by atomic mass is 10.3. The Morgan fingerprint density at radius 2 is 2.16 bits per heavy atom. The molecule has 0 aliphatic carbocycles. The van der Waals surface area contributed by atoms with Crippen LogP contribution in [-0.2, 0) is 14.8 Å². The number of carbonyl (C=O) groups is 1. The topological polar surface area (TPSA) is 66.5 Å². The molecule has 0 radical (unpaired) electrons. The van der Waals surface area contributed by atoms with Gasteiger partial charge in [0.2, 0.25) is 15.9 Å². The Balaban J connectivity index is 1.98. The molecule has 0 spiro atoms. The number of nitrogens with one attached hydrogen (secondary N) is 1. The van der Waals surface area contributed by atoms with Crippen molar-refractivity contribution in [1.82, 2.24) is 4.31 Å². The van der Waals surface area contributed by atoms with Gasteiger partial charge in [0, 0.05) is 17.3 Å². The predicted molar refractivity (Wildman–Crippen MR) is 74.7 cm³/mol. The molecular weight excluding hydrogens is 288 g/mol. The van der Waals surface area contributed by atoms with Gasteiger partial charge in [-0.05, 0) is 31.0 Å². The molecule has 0 saturated carbocycles. The van der Waals surface area contributed by atoms with Gasteiger partial charge in [0.15, 0.2) is 0 Å². The van der Waals surface area contributed by atoms with Crippen LogP contribution in [0.4, 0.5) is 5.69 Å². The summed E-state index contributed by atoms with van der Waals surface area (Å²) in [6, 6.07) is 6.74. The monoisotopic (exact) mass is 302 g/mol. The van der Waals surface area contributed by atoms with E-state index in [1.165, 1.54) is 4.31 Å². The van der Waals surface area contributed by atoms with Crippen LogP contribution in [0, 0.1) is 0 Å². The number of halogens is 1. The number of amides is 1. The van der Waals surface area contributed by atoms with Crippen LogP contribution in [-0.4, -0.2) is 37.5 Å². The zero-order chi connectivity index (χ0) is 13.9. The maximum atomic E-state index is 11.8. The van der Waals surface area contributed by atoms with Gasteiger partial charge in [-0.2, -0.15) is 4.31 Å².